The standard InChI is InChI=1S/C21H27N3O2/c1-26-20-9-7-16(8-10-20)11-12-23-21(25)17-13-19(15-22-14-17)24-18-5-3-2-4-6-18/h7-10,13-15,18,24H,2-6,11-12H2,1H3,(H,23,25). The van der Waals surface area contributed by atoms with Gasteiger partial charge in [0.1, 0.15) is 5.75 Å². The van der Waals surface area contributed by atoms with E-state index in [1.807, 2.05) is 30.3 Å². The first-order valence-corrected chi connectivity index (χ1v) is 9.37. The highest BCUT2D eigenvalue weighted by molar-refractivity contribution is 5.94. The van der Waals surface area contributed by atoms with Gasteiger partial charge in [-0.3, -0.25) is 9.78 Å². The minimum absolute atomic E-state index is 0.0849. The van der Waals surface area contributed by atoms with Crippen LogP contribution in [0.3, 0.4) is 0 Å². The number of aromatic nitrogens is 1. The van der Waals surface area contributed by atoms with Crippen LogP contribution in [0.5, 0.6) is 5.75 Å². The molecule has 5 nitrogen and oxygen atoms in total. The molecule has 138 valence electrons. The maximum Gasteiger partial charge on any atom is 0.252 e. The van der Waals surface area contributed by atoms with Gasteiger partial charge in [0.05, 0.1) is 18.4 Å². The van der Waals surface area contributed by atoms with Crippen molar-refractivity contribution < 1.29 is 9.53 Å². The second-order valence-electron chi connectivity index (χ2n) is 6.80. The molecule has 1 fully saturated rings. The van der Waals surface area contributed by atoms with E-state index < -0.39 is 0 Å². The quantitative estimate of drug-likeness (QED) is 0.794. The van der Waals surface area contributed by atoms with Crippen molar-refractivity contribution in [3.8, 4) is 5.75 Å². The maximum absolute atomic E-state index is 12.4. The minimum Gasteiger partial charge on any atom is -0.497 e. The molecule has 1 amide bonds. The van der Waals surface area contributed by atoms with Gasteiger partial charge in [0, 0.05) is 25.0 Å². The number of amides is 1. The highest BCUT2D eigenvalue weighted by Gasteiger charge is 2.14. The molecule has 2 N–H and O–H groups in total. The lowest BCUT2D eigenvalue weighted by Crippen LogP contribution is -2.26. The van der Waals surface area contributed by atoms with E-state index >= 15 is 0 Å². The molecule has 2 aromatic rings. The smallest absolute Gasteiger partial charge is 0.252 e. The number of anilines is 1. The van der Waals surface area contributed by atoms with E-state index in [0.717, 1.165) is 23.4 Å². The predicted molar refractivity (Wildman–Crippen MR) is 104 cm³/mol. The lowest BCUT2D eigenvalue weighted by Gasteiger charge is -2.23. The molecule has 1 aromatic carbocycles. The van der Waals surface area contributed by atoms with Gasteiger partial charge in [0.15, 0.2) is 0 Å². The second kappa shape index (κ2) is 9.22. The summed E-state index contributed by atoms with van der Waals surface area (Å²) in [6.07, 6.45) is 10.5. The van der Waals surface area contributed by atoms with Crippen molar-refractivity contribution in [2.75, 3.05) is 19.0 Å². The Bertz CT molecular complexity index is 709. The number of hydrogen-bond acceptors (Lipinski definition) is 4. The number of nitrogens with zero attached hydrogens (tertiary/aromatic N) is 1. The first-order chi connectivity index (χ1) is 12.7. The number of carbonyl (C=O) groups is 1. The summed E-state index contributed by atoms with van der Waals surface area (Å²) in [6.45, 7) is 0.589. The van der Waals surface area contributed by atoms with E-state index in [-0.39, 0.29) is 5.91 Å². The van der Waals surface area contributed by atoms with Crippen LogP contribution in [0.4, 0.5) is 5.69 Å². The van der Waals surface area contributed by atoms with E-state index in [0.29, 0.717) is 18.2 Å². The molecule has 1 aromatic heterocycles. The van der Waals surface area contributed by atoms with Crippen LogP contribution < -0.4 is 15.4 Å². The fraction of sp³-hybridized carbons (Fsp3) is 0.429. The predicted octanol–water partition coefficient (Wildman–Crippen LogP) is 3.81. The number of carbonyl (C=O) groups excluding carboxylic acids is 1. The summed E-state index contributed by atoms with van der Waals surface area (Å²) < 4.78 is 5.15. The Morgan fingerprint density at radius 3 is 2.65 bits per heavy atom. The molecule has 0 saturated heterocycles. The Balaban J connectivity index is 1.49. The summed E-state index contributed by atoms with van der Waals surface area (Å²) in [5.74, 6) is 0.754. The highest BCUT2D eigenvalue weighted by Crippen LogP contribution is 2.21. The topological polar surface area (TPSA) is 63.2 Å². The van der Waals surface area contributed by atoms with Crippen molar-refractivity contribution in [3.05, 3.63) is 53.9 Å². The van der Waals surface area contributed by atoms with Gasteiger partial charge < -0.3 is 15.4 Å². The van der Waals surface area contributed by atoms with Crippen LogP contribution >= 0.6 is 0 Å². The van der Waals surface area contributed by atoms with Crippen molar-refractivity contribution in [1.29, 1.82) is 0 Å². The van der Waals surface area contributed by atoms with Crippen molar-refractivity contribution in [2.45, 2.75) is 44.6 Å². The number of nitrogens with one attached hydrogen (secondary N) is 2. The Morgan fingerprint density at radius 2 is 1.92 bits per heavy atom. The van der Waals surface area contributed by atoms with Crippen molar-refractivity contribution >= 4 is 11.6 Å². The van der Waals surface area contributed by atoms with Gasteiger partial charge in [-0.15, -0.1) is 0 Å². The van der Waals surface area contributed by atoms with Crippen LogP contribution in [0.1, 0.15) is 48.0 Å². The van der Waals surface area contributed by atoms with Gasteiger partial charge in [0.2, 0.25) is 0 Å². The molecule has 0 spiro atoms. The zero-order chi connectivity index (χ0) is 18.2. The third-order valence-corrected chi connectivity index (χ3v) is 4.83. The van der Waals surface area contributed by atoms with Crippen LogP contribution in [0.15, 0.2) is 42.7 Å². The van der Waals surface area contributed by atoms with Gasteiger partial charge >= 0.3 is 0 Å². The summed E-state index contributed by atoms with van der Waals surface area (Å²) in [4.78, 5) is 16.6. The molecule has 26 heavy (non-hydrogen) atoms. The van der Waals surface area contributed by atoms with Crippen LogP contribution in [-0.2, 0) is 6.42 Å². The van der Waals surface area contributed by atoms with Gasteiger partial charge in [-0.25, -0.2) is 0 Å². The average molecular weight is 353 g/mol. The summed E-state index contributed by atoms with van der Waals surface area (Å²) in [6, 6.07) is 10.3. The molecule has 0 unspecified atom stereocenters. The second-order valence-corrected chi connectivity index (χ2v) is 6.80. The van der Waals surface area contributed by atoms with Crippen molar-refractivity contribution in [1.82, 2.24) is 10.3 Å². The molecule has 0 bridgehead atoms. The molecule has 1 saturated carbocycles. The lowest BCUT2D eigenvalue weighted by atomic mass is 9.95. The molecule has 1 aliphatic rings. The van der Waals surface area contributed by atoms with Crippen molar-refractivity contribution in [2.24, 2.45) is 0 Å². The first-order valence-electron chi connectivity index (χ1n) is 9.37. The normalized spacial score (nSPS) is 14.7. The Kier molecular flexibility index (Phi) is 6.47. The number of ether oxygens (including phenoxy) is 1. The number of pyridine rings is 1. The molecular weight excluding hydrogens is 326 g/mol. The van der Waals surface area contributed by atoms with Crippen LogP contribution in [-0.4, -0.2) is 30.6 Å². The number of benzene rings is 1. The number of hydrogen-bond donors (Lipinski definition) is 2. The Morgan fingerprint density at radius 1 is 1.15 bits per heavy atom. The van der Waals surface area contributed by atoms with E-state index in [1.54, 1.807) is 19.5 Å². The van der Waals surface area contributed by atoms with Crippen LogP contribution in [0.2, 0.25) is 0 Å². The Hall–Kier alpha value is -2.56. The fourth-order valence-electron chi connectivity index (χ4n) is 3.34. The fourth-order valence-corrected chi connectivity index (χ4v) is 3.34. The summed E-state index contributed by atoms with van der Waals surface area (Å²) in [5, 5.41) is 6.48. The molecule has 0 radical (unpaired) electrons. The zero-order valence-corrected chi connectivity index (χ0v) is 15.3. The van der Waals surface area contributed by atoms with Gasteiger partial charge in [-0.05, 0) is 43.0 Å². The monoisotopic (exact) mass is 353 g/mol. The SMILES string of the molecule is COc1ccc(CCNC(=O)c2cncc(NC3CCCCC3)c2)cc1. The molecule has 0 atom stereocenters. The number of methoxy groups -OCH3 is 1. The summed E-state index contributed by atoms with van der Waals surface area (Å²) >= 11 is 0. The largest absolute Gasteiger partial charge is 0.497 e. The molecule has 3 rings (SSSR count). The number of rotatable bonds is 7. The van der Waals surface area contributed by atoms with E-state index in [4.69, 9.17) is 4.74 Å². The van der Waals surface area contributed by atoms with Gasteiger partial charge in [-0.1, -0.05) is 31.4 Å². The zero-order valence-electron chi connectivity index (χ0n) is 15.3. The van der Waals surface area contributed by atoms with Crippen LogP contribution in [0.25, 0.3) is 0 Å². The van der Waals surface area contributed by atoms with Crippen LogP contribution in [0, 0.1) is 0 Å². The summed E-state index contributed by atoms with van der Waals surface area (Å²) in [5.41, 5.74) is 2.69. The van der Waals surface area contributed by atoms with E-state index in [2.05, 4.69) is 15.6 Å². The average Bonchev–Trinajstić information content (AvgIpc) is 2.69. The Labute approximate surface area is 155 Å². The summed E-state index contributed by atoms with van der Waals surface area (Å²) in [7, 11) is 1.65. The van der Waals surface area contributed by atoms with Gasteiger partial charge in [-0.2, -0.15) is 0 Å². The highest BCUT2D eigenvalue weighted by atomic mass is 16.5. The molecule has 1 aliphatic carbocycles. The van der Waals surface area contributed by atoms with Gasteiger partial charge in [0.25, 0.3) is 5.91 Å². The molecule has 1 heterocycles. The molecule has 0 aliphatic heterocycles. The van der Waals surface area contributed by atoms with Crippen molar-refractivity contribution in [3.63, 3.8) is 0 Å². The maximum atomic E-state index is 12.4. The minimum atomic E-state index is -0.0849. The first kappa shape index (κ1) is 18.2. The third-order valence-electron chi connectivity index (χ3n) is 4.83. The van der Waals surface area contributed by atoms with E-state index in [9.17, 15) is 4.79 Å². The molecule has 5 heteroatoms. The lowest BCUT2D eigenvalue weighted by molar-refractivity contribution is 0.0954. The third kappa shape index (κ3) is 5.22. The van der Waals surface area contributed by atoms with E-state index in [1.165, 1.54) is 32.1 Å². The molecular formula is C21H27N3O2.